The van der Waals surface area contributed by atoms with Gasteiger partial charge in [-0.05, 0) is 56.1 Å². The topological polar surface area (TPSA) is 30.5 Å². The molecule has 0 saturated carbocycles. The van der Waals surface area contributed by atoms with Crippen molar-refractivity contribution in [1.29, 1.82) is 0 Å². The minimum Gasteiger partial charge on any atom is -0.497 e. The molecule has 1 aromatic carbocycles. The van der Waals surface area contributed by atoms with Crippen LogP contribution in [0.2, 0.25) is 0 Å². The normalized spacial score (nSPS) is 11.8. The smallest absolute Gasteiger partial charge is 0.126 e. The SMILES string of the molecule is COc1ccc(OC)c(C(C)=CCCNCC(C)C)c1. The molecule has 20 heavy (non-hydrogen) atoms. The first-order valence-corrected chi connectivity index (χ1v) is 7.18. The predicted molar refractivity (Wildman–Crippen MR) is 85.5 cm³/mol. The van der Waals surface area contributed by atoms with E-state index < -0.39 is 0 Å². The maximum atomic E-state index is 5.41. The van der Waals surface area contributed by atoms with Gasteiger partial charge < -0.3 is 14.8 Å². The highest BCUT2D eigenvalue weighted by atomic mass is 16.5. The molecular weight excluding hydrogens is 250 g/mol. The Hall–Kier alpha value is -1.48. The largest absolute Gasteiger partial charge is 0.497 e. The third-order valence-electron chi connectivity index (χ3n) is 3.16. The number of rotatable bonds is 8. The van der Waals surface area contributed by atoms with Crippen LogP contribution < -0.4 is 14.8 Å². The Morgan fingerprint density at radius 2 is 2.00 bits per heavy atom. The number of methoxy groups -OCH3 is 2. The summed E-state index contributed by atoms with van der Waals surface area (Å²) in [4.78, 5) is 0. The van der Waals surface area contributed by atoms with Gasteiger partial charge >= 0.3 is 0 Å². The molecule has 1 N–H and O–H groups in total. The van der Waals surface area contributed by atoms with Crippen molar-refractivity contribution in [3.05, 3.63) is 29.8 Å². The molecule has 0 aliphatic rings. The molecule has 0 aliphatic heterocycles. The molecule has 1 aromatic rings. The lowest BCUT2D eigenvalue weighted by Crippen LogP contribution is -2.20. The fraction of sp³-hybridized carbons (Fsp3) is 0.529. The molecule has 0 radical (unpaired) electrons. The van der Waals surface area contributed by atoms with Crippen molar-refractivity contribution in [2.45, 2.75) is 27.2 Å². The van der Waals surface area contributed by atoms with Crippen LogP contribution >= 0.6 is 0 Å². The Labute approximate surface area is 123 Å². The van der Waals surface area contributed by atoms with Crippen molar-refractivity contribution in [3.63, 3.8) is 0 Å². The number of ether oxygens (including phenoxy) is 2. The van der Waals surface area contributed by atoms with Gasteiger partial charge in [-0.1, -0.05) is 19.9 Å². The van der Waals surface area contributed by atoms with Gasteiger partial charge in [0, 0.05) is 5.56 Å². The Bertz CT molecular complexity index is 439. The predicted octanol–water partition coefficient (Wildman–Crippen LogP) is 3.74. The van der Waals surface area contributed by atoms with Crippen molar-refractivity contribution < 1.29 is 9.47 Å². The van der Waals surface area contributed by atoms with E-state index in [0.29, 0.717) is 5.92 Å². The molecule has 112 valence electrons. The summed E-state index contributed by atoms with van der Waals surface area (Å²) in [5, 5.41) is 3.44. The van der Waals surface area contributed by atoms with Crippen LogP contribution in [0.1, 0.15) is 32.8 Å². The highest BCUT2D eigenvalue weighted by Crippen LogP contribution is 2.29. The summed E-state index contributed by atoms with van der Waals surface area (Å²) in [6.45, 7) is 8.61. The van der Waals surface area contributed by atoms with Gasteiger partial charge in [0.1, 0.15) is 11.5 Å². The molecule has 0 saturated heterocycles. The first-order valence-electron chi connectivity index (χ1n) is 7.18. The summed E-state index contributed by atoms with van der Waals surface area (Å²) in [5.74, 6) is 2.43. The highest BCUT2D eigenvalue weighted by molar-refractivity contribution is 5.70. The van der Waals surface area contributed by atoms with E-state index in [9.17, 15) is 0 Å². The molecular formula is C17H27NO2. The van der Waals surface area contributed by atoms with Gasteiger partial charge in [-0.3, -0.25) is 0 Å². The van der Waals surface area contributed by atoms with Crippen LogP contribution in [-0.4, -0.2) is 27.3 Å². The fourth-order valence-corrected chi connectivity index (χ4v) is 2.01. The molecule has 0 fully saturated rings. The van der Waals surface area contributed by atoms with Gasteiger partial charge in [0.2, 0.25) is 0 Å². The van der Waals surface area contributed by atoms with Crippen LogP contribution in [-0.2, 0) is 0 Å². The zero-order valence-electron chi connectivity index (χ0n) is 13.3. The summed E-state index contributed by atoms with van der Waals surface area (Å²) in [6.07, 6.45) is 3.25. The maximum Gasteiger partial charge on any atom is 0.126 e. The van der Waals surface area contributed by atoms with E-state index in [2.05, 4.69) is 32.2 Å². The quantitative estimate of drug-likeness (QED) is 0.734. The summed E-state index contributed by atoms with van der Waals surface area (Å²) in [7, 11) is 3.38. The Morgan fingerprint density at radius 3 is 2.60 bits per heavy atom. The molecule has 3 heteroatoms. The van der Waals surface area contributed by atoms with Crippen molar-refractivity contribution >= 4 is 5.57 Å². The van der Waals surface area contributed by atoms with E-state index in [-0.39, 0.29) is 0 Å². The van der Waals surface area contributed by atoms with Crippen molar-refractivity contribution in [1.82, 2.24) is 5.32 Å². The van der Waals surface area contributed by atoms with Gasteiger partial charge in [-0.2, -0.15) is 0 Å². The molecule has 0 unspecified atom stereocenters. The molecule has 0 amide bonds. The second-order valence-electron chi connectivity index (χ2n) is 5.34. The van der Waals surface area contributed by atoms with E-state index in [1.165, 1.54) is 5.57 Å². The van der Waals surface area contributed by atoms with Gasteiger partial charge in [0.15, 0.2) is 0 Å². The van der Waals surface area contributed by atoms with Crippen LogP contribution in [0.3, 0.4) is 0 Å². The molecule has 3 nitrogen and oxygen atoms in total. The molecule has 0 bridgehead atoms. The van der Waals surface area contributed by atoms with Gasteiger partial charge in [0.05, 0.1) is 14.2 Å². The molecule has 0 atom stereocenters. The number of allylic oxidation sites excluding steroid dienone is 1. The number of nitrogens with one attached hydrogen (secondary N) is 1. The molecule has 0 aromatic heterocycles. The van der Waals surface area contributed by atoms with E-state index in [0.717, 1.165) is 36.6 Å². The zero-order valence-corrected chi connectivity index (χ0v) is 13.3. The fourth-order valence-electron chi connectivity index (χ4n) is 2.01. The second-order valence-corrected chi connectivity index (χ2v) is 5.34. The average molecular weight is 277 g/mol. The number of hydrogen-bond donors (Lipinski definition) is 1. The third-order valence-corrected chi connectivity index (χ3v) is 3.16. The monoisotopic (exact) mass is 277 g/mol. The summed E-state index contributed by atoms with van der Waals surface area (Å²) in [6, 6.07) is 5.88. The Morgan fingerprint density at radius 1 is 1.25 bits per heavy atom. The van der Waals surface area contributed by atoms with Crippen molar-refractivity contribution in [2.75, 3.05) is 27.3 Å². The lowest BCUT2D eigenvalue weighted by molar-refractivity contribution is 0.402. The number of hydrogen-bond acceptors (Lipinski definition) is 3. The van der Waals surface area contributed by atoms with Crippen LogP contribution in [0.5, 0.6) is 11.5 Å². The summed E-state index contributed by atoms with van der Waals surface area (Å²) < 4.78 is 10.7. The van der Waals surface area contributed by atoms with Crippen LogP contribution in [0.4, 0.5) is 0 Å². The Kier molecular flexibility index (Phi) is 7.16. The van der Waals surface area contributed by atoms with Crippen LogP contribution in [0.15, 0.2) is 24.3 Å². The minimum atomic E-state index is 0.693. The van der Waals surface area contributed by atoms with Crippen LogP contribution in [0, 0.1) is 5.92 Å². The molecule has 0 aliphatic carbocycles. The first-order chi connectivity index (χ1) is 9.58. The number of benzene rings is 1. The minimum absolute atomic E-state index is 0.693. The van der Waals surface area contributed by atoms with E-state index in [1.54, 1.807) is 14.2 Å². The van der Waals surface area contributed by atoms with E-state index >= 15 is 0 Å². The first kappa shape index (κ1) is 16.6. The van der Waals surface area contributed by atoms with Crippen molar-refractivity contribution in [2.24, 2.45) is 5.92 Å². The lowest BCUT2D eigenvalue weighted by atomic mass is 10.0. The van der Waals surface area contributed by atoms with Crippen LogP contribution in [0.25, 0.3) is 5.57 Å². The lowest BCUT2D eigenvalue weighted by Gasteiger charge is -2.11. The second kappa shape index (κ2) is 8.64. The molecule has 0 spiro atoms. The van der Waals surface area contributed by atoms with Gasteiger partial charge in [0.25, 0.3) is 0 Å². The average Bonchev–Trinajstić information content (AvgIpc) is 2.45. The third kappa shape index (κ3) is 5.25. The standard InChI is InChI=1S/C17H27NO2/c1-13(2)12-18-10-6-7-14(3)16-11-15(19-4)8-9-17(16)20-5/h7-9,11,13,18H,6,10,12H2,1-5H3. The summed E-state index contributed by atoms with van der Waals surface area (Å²) >= 11 is 0. The van der Waals surface area contributed by atoms with Crippen molar-refractivity contribution in [3.8, 4) is 11.5 Å². The molecule has 1 rings (SSSR count). The highest BCUT2D eigenvalue weighted by Gasteiger charge is 2.06. The van der Waals surface area contributed by atoms with Gasteiger partial charge in [-0.15, -0.1) is 0 Å². The summed E-state index contributed by atoms with van der Waals surface area (Å²) in [5.41, 5.74) is 2.31. The Balaban J connectivity index is 2.67. The van der Waals surface area contributed by atoms with E-state index in [1.807, 2.05) is 18.2 Å². The van der Waals surface area contributed by atoms with Gasteiger partial charge in [-0.25, -0.2) is 0 Å². The zero-order chi connectivity index (χ0) is 15.0. The van der Waals surface area contributed by atoms with E-state index in [4.69, 9.17) is 9.47 Å². The molecule has 0 heterocycles. The maximum absolute atomic E-state index is 5.41.